The first-order chi connectivity index (χ1) is 9.54. The number of hydrogen-bond acceptors (Lipinski definition) is 3. The van der Waals surface area contributed by atoms with Gasteiger partial charge < -0.3 is 10.4 Å². The number of fused-ring (bicyclic) bond motifs is 1. The molecular weight excluding hydrogens is 256 g/mol. The first-order valence-electron chi connectivity index (χ1n) is 6.57. The van der Waals surface area contributed by atoms with Crippen molar-refractivity contribution in [2.75, 3.05) is 0 Å². The van der Waals surface area contributed by atoms with Crippen molar-refractivity contribution in [1.82, 2.24) is 5.32 Å². The van der Waals surface area contributed by atoms with Gasteiger partial charge in [0, 0.05) is 23.4 Å². The Bertz CT molecular complexity index is 639. The molecule has 3 rings (SSSR count). The third-order valence-corrected chi connectivity index (χ3v) is 4.35. The Morgan fingerprint density at radius 2 is 2.25 bits per heavy atom. The van der Waals surface area contributed by atoms with Gasteiger partial charge in [-0.25, -0.2) is 0 Å². The fourth-order valence-electron chi connectivity index (χ4n) is 3.29. The zero-order chi connectivity index (χ0) is 14.3. The zero-order valence-corrected chi connectivity index (χ0v) is 10.8. The Morgan fingerprint density at radius 1 is 1.50 bits per heavy atom. The van der Waals surface area contributed by atoms with Gasteiger partial charge in [-0.2, -0.15) is 5.26 Å². The summed E-state index contributed by atoms with van der Waals surface area (Å²) in [6.07, 6.45) is 1.11. The van der Waals surface area contributed by atoms with Crippen molar-refractivity contribution in [3.63, 3.8) is 0 Å². The van der Waals surface area contributed by atoms with E-state index in [2.05, 4.69) is 11.4 Å². The van der Waals surface area contributed by atoms with Gasteiger partial charge >= 0.3 is 5.97 Å². The molecule has 1 fully saturated rings. The average Bonchev–Trinajstić information content (AvgIpc) is 2.74. The van der Waals surface area contributed by atoms with E-state index >= 15 is 0 Å². The van der Waals surface area contributed by atoms with Crippen LogP contribution in [0.25, 0.3) is 0 Å². The SMILES string of the molecule is N#CC1CC(CC(=O)O)(c2ccc3c(c2)C(=O)NC3)C1. The van der Waals surface area contributed by atoms with Gasteiger partial charge in [0.15, 0.2) is 0 Å². The predicted molar refractivity (Wildman–Crippen MR) is 69.9 cm³/mol. The lowest BCUT2D eigenvalue weighted by Crippen LogP contribution is -2.42. The van der Waals surface area contributed by atoms with E-state index in [-0.39, 0.29) is 18.2 Å². The van der Waals surface area contributed by atoms with Crippen molar-refractivity contribution in [1.29, 1.82) is 5.26 Å². The number of nitrogens with zero attached hydrogens (tertiary/aromatic N) is 1. The van der Waals surface area contributed by atoms with Crippen molar-refractivity contribution in [3.8, 4) is 6.07 Å². The summed E-state index contributed by atoms with van der Waals surface area (Å²) in [6.45, 7) is 0.529. The Balaban J connectivity index is 1.97. The first-order valence-corrected chi connectivity index (χ1v) is 6.57. The van der Waals surface area contributed by atoms with Crippen LogP contribution in [0.5, 0.6) is 0 Å². The summed E-state index contributed by atoms with van der Waals surface area (Å²) in [4.78, 5) is 22.8. The molecule has 0 spiro atoms. The summed E-state index contributed by atoms with van der Waals surface area (Å²) < 4.78 is 0. The zero-order valence-electron chi connectivity index (χ0n) is 10.8. The van der Waals surface area contributed by atoms with Crippen molar-refractivity contribution < 1.29 is 14.7 Å². The number of carbonyl (C=O) groups is 2. The molecule has 1 saturated carbocycles. The largest absolute Gasteiger partial charge is 0.481 e. The fourth-order valence-corrected chi connectivity index (χ4v) is 3.29. The molecule has 1 amide bonds. The molecule has 0 bridgehead atoms. The molecule has 0 saturated heterocycles. The van der Waals surface area contributed by atoms with Crippen LogP contribution in [0, 0.1) is 17.2 Å². The van der Waals surface area contributed by atoms with E-state index in [4.69, 9.17) is 10.4 Å². The molecule has 1 aromatic carbocycles. The van der Waals surface area contributed by atoms with Crippen LogP contribution < -0.4 is 5.32 Å². The van der Waals surface area contributed by atoms with Crippen LogP contribution in [0.4, 0.5) is 0 Å². The molecule has 1 aliphatic heterocycles. The average molecular weight is 270 g/mol. The summed E-state index contributed by atoms with van der Waals surface area (Å²) in [5, 5.41) is 20.8. The summed E-state index contributed by atoms with van der Waals surface area (Å²) in [7, 11) is 0. The standard InChI is InChI=1S/C15H14N2O3/c16-7-9-4-15(5-9,6-13(18)19)11-2-1-10-8-17-14(20)12(10)3-11/h1-3,9H,4-6,8H2,(H,17,20)(H,18,19). The van der Waals surface area contributed by atoms with E-state index in [9.17, 15) is 9.59 Å². The second-order valence-electron chi connectivity index (χ2n) is 5.64. The second-order valence-corrected chi connectivity index (χ2v) is 5.64. The van der Waals surface area contributed by atoms with Gasteiger partial charge in [0.05, 0.1) is 12.5 Å². The maximum atomic E-state index is 11.7. The van der Waals surface area contributed by atoms with Gasteiger partial charge in [-0.05, 0) is 30.0 Å². The highest BCUT2D eigenvalue weighted by atomic mass is 16.4. The molecule has 2 N–H and O–H groups in total. The minimum absolute atomic E-state index is 0.00554. The van der Waals surface area contributed by atoms with E-state index in [0.717, 1.165) is 11.1 Å². The highest BCUT2D eigenvalue weighted by molar-refractivity contribution is 5.98. The predicted octanol–water partition coefficient (Wildman–Crippen LogP) is 1.58. The number of carbonyl (C=O) groups excluding carboxylic acids is 1. The van der Waals surface area contributed by atoms with Gasteiger partial charge in [-0.15, -0.1) is 0 Å². The van der Waals surface area contributed by atoms with Gasteiger partial charge in [0.2, 0.25) is 0 Å². The summed E-state index contributed by atoms with van der Waals surface area (Å²) in [5.41, 5.74) is 1.94. The molecule has 20 heavy (non-hydrogen) atoms. The van der Waals surface area contributed by atoms with Gasteiger partial charge in [-0.3, -0.25) is 9.59 Å². The van der Waals surface area contributed by atoms with Gasteiger partial charge in [0.25, 0.3) is 5.91 Å². The third-order valence-electron chi connectivity index (χ3n) is 4.35. The molecule has 5 nitrogen and oxygen atoms in total. The van der Waals surface area contributed by atoms with Gasteiger partial charge in [0.1, 0.15) is 0 Å². The quantitative estimate of drug-likeness (QED) is 0.872. The summed E-state index contributed by atoms with van der Waals surface area (Å²) >= 11 is 0. The molecule has 0 atom stereocenters. The van der Waals surface area contributed by atoms with Crippen molar-refractivity contribution in [2.45, 2.75) is 31.2 Å². The third kappa shape index (κ3) is 1.85. The molecule has 1 aliphatic carbocycles. The molecule has 2 aliphatic rings. The van der Waals surface area contributed by atoms with Crippen molar-refractivity contribution >= 4 is 11.9 Å². The topological polar surface area (TPSA) is 90.2 Å². The fraction of sp³-hybridized carbons (Fsp3) is 0.400. The Labute approximate surface area is 116 Å². The minimum Gasteiger partial charge on any atom is -0.481 e. The molecule has 102 valence electrons. The number of aliphatic carboxylic acids is 1. The first kappa shape index (κ1) is 12.7. The monoisotopic (exact) mass is 270 g/mol. The van der Waals surface area contributed by atoms with Crippen LogP contribution in [0.2, 0.25) is 0 Å². The Kier molecular flexibility index (Phi) is 2.75. The molecule has 0 radical (unpaired) electrons. The smallest absolute Gasteiger partial charge is 0.304 e. The van der Waals surface area contributed by atoms with Crippen LogP contribution in [0.1, 0.15) is 40.7 Å². The van der Waals surface area contributed by atoms with Crippen LogP contribution in [-0.4, -0.2) is 17.0 Å². The summed E-state index contributed by atoms with van der Waals surface area (Å²) in [6, 6.07) is 7.77. The lowest BCUT2D eigenvalue weighted by atomic mass is 9.57. The number of nitrogens with one attached hydrogen (secondary N) is 1. The van der Waals surface area contributed by atoms with E-state index in [1.807, 2.05) is 12.1 Å². The highest BCUT2D eigenvalue weighted by Gasteiger charge is 2.47. The van der Waals surface area contributed by atoms with Crippen molar-refractivity contribution in [2.24, 2.45) is 5.92 Å². The van der Waals surface area contributed by atoms with E-state index < -0.39 is 11.4 Å². The van der Waals surface area contributed by atoms with Crippen LogP contribution >= 0.6 is 0 Å². The molecule has 1 heterocycles. The van der Waals surface area contributed by atoms with Crippen molar-refractivity contribution in [3.05, 3.63) is 34.9 Å². The molecule has 0 unspecified atom stereocenters. The molecular formula is C15H14N2O3. The Hall–Kier alpha value is -2.35. The number of amides is 1. The number of carboxylic acids is 1. The minimum atomic E-state index is -0.869. The van der Waals surface area contributed by atoms with E-state index in [1.165, 1.54) is 0 Å². The molecule has 1 aromatic rings. The number of nitriles is 1. The lowest BCUT2D eigenvalue weighted by Gasteiger charge is -2.44. The number of rotatable bonds is 3. The lowest BCUT2D eigenvalue weighted by molar-refractivity contribution is -0.139. The van der Waals surface area contributed by atoms with Gasteiger partial charge in [-0.1, -0.05) is 12.1 Å². The second kappa shape index (κ2) is 4.34. The highest BCUT2D eigenvalue weighted by Crippen LogP contribution is 2.50. The number of carboxylic acid groups (broad SMARTS) is 1. The molecule has 0 aromatic heterocycles. The molecule has 5 heteroatoms. The van der Waals surface area contributed by atoms with Crippen LogP contribution in [0.15, 0.2) is 18.2 Å². The maximum absolute atomic E-state index is 11.7. The normalized spacial score (nSPS) is 27.1. The van der Waals surface area contributed by atoms with E-state index in [0.29, 0.717) is 24.9 Å². The van der Waals surface area contributed by atoms with E-state index in [1.54, 1.807) is 6.07 Å². The maximum Gasteiger partial charge on any atom is 0.304 e. The number of benzene rings is 1. The van der Waals surface area contributed by atoms with Crippen LogP contribution in [0.3, 0.4) is 0 Å². The van der Waals surface area contributed by atoms with Crippen LogP contribution in [-0.2, 0) is 16.8 Å². The number of hydrogen-bond donors (Lipinski definition) is 2. The summed E-state index contributed by atoms with van der Waals surface area (Å²) in [5.74, 6) is -1.06. The Morgan fingerprint density at radius 3 is 2.90 bits per heavy atom.